The van der Waals surface area contributed by atoms with E-state index in [4.69, 9.17) is 31.2 Å². The quantitative estimate of drug-likeness (QED) is 0.211. The molecule has 0 bridgehead atoms. The Bertz CT molecular complexity index is 1780. The highest BCUT2D eigenvalue weighted by Crippen LogP contribution is 2.38. The van der Waals surface area contributed by atoms with Gasteiger partial charge in [0.2, 0.25) is 11.1 Å². The Labute approximate surface area is 277 Å². The molecule has 238 valence electrons. The van der Waals surface area contributed by atoms with Crippen molar-refractivity contribution in [2.24, 2.45) is 0 Å². The number of aromatic nitrogens is 3. The van der Waals surface area contributed by atoms with Gasteiger partial charge in [-0.25, -0.2) is 4.68 Å². The maximum absolute atomic E-state index is 14.0. The first-order valence-electron chi connectivity index (χ1n) is 15.0. The summed E-state index contributed by atoms with van der Waals surface area (Å²) >= 11 is 7.86. The van der Waals surface area contributed by atoms with E-state index in [1.165, 1.54) is 11.8 Å². The fraction of sp³-hybridized carbons (Fsp3) is 0.294. The number of nitrogens with zero attached hydrogens (tertiary/aromatic N) is 4. The van der Waals surface area contributed by atoms with Crippen LogP contribution in [0.1, 0.15) is 35.2 Å². The number of halogens is 1. The van der Waals surface area contributed by atoms with E-state index in [2.05, 4.69) is 10.6 Å². The van der Waals surface area contributed by atoms with Gasteiger partial charge >= 0.3 is 0 Å². The molecule has 1 aromatic heterocycles. The van der Waals surface area contributed by atoms with E-state index < -0.39 is 6.04 Å². The molecule has 6 rings (SSSR count). The summed E-state index contributed by atoms with van der Waals surface area (Å²) in [5, 5.41) is 12.5. The standard InChI is InChI=1S/C34H35ClN6O4S/c1-21-8-13-28(22(2)18-21)37-32(43)30-23(3)36-33-38-34(46-20-25-6-4-5-7-27(25)35)39-41(33)31(30)24-9-11-26(12-10-24)45-19-29(42)40-14-16-44-17-15-40/h4-13,18,31H,14-17,19-20H2,1-3H3,(H,37,43)(H,36,38,39). The first-order chi connectivity index (χ1) is 22.3. The van der Waals surface area contributed by atoms with E-state index in [1.54, 1.807) is 9.58 Å². The Morgan fingerprint density at radius 2 is 1.83 bits per heavy atom. The molecule has 0 spiro atoms. The number of carbonyl (C=O) groups excluding carboxylic acids is 2. The molecule has 0 saturated carbocycles. The van der Waals surface area contributed by atoms with Crippen molar-refractivity contribution >= 4 is 46.8 Å². The highest BCUT2D eigenvalue weighted by Gasteiger charge is 2.34. The first-order valence-corrected chi connectivity index (χ1v) is 16.4. The normalized spacial score (nSPS) is 16.1. The number of allylic oxidation sites excluding steroid dienone is 1. The third-order valence-corrected chi connectivity index (χ3v) is 9.20. The summed E-state index contributed by atoms with van der Waals surface area (Å²) in [5.41, 5.74) is 5.81. The van der Waals surface area contributed by atoms with Gasteiger partial charge in [-0.3, -0.25) is 9.59 Å². The molecular formula is C34H35ClN6O4S. The number of fused-ring (bicyclic) bond motifs is 1. The molecule has 2 aliphatic rings. The van der Waals surface area contributed by atoms with E-state index in [0.717, 1.165) is 27.9 Å². The van der Waals surface area contributed by atoms with E-state index in [0.29, 0.717) is 65.2 Å². The first kappa shape index (κ1) is 31.7. The lowest BCUT2D eigenvalue weighted by molar-refractivity contribution is -0.137. The third kappa shape index (κ3) is 7.06. The SMILES string of the molecule is CC1=C(C(=O)Nc2ccc(C)cc2C)C(c2ccc(OCC(=O)N3CCOCC3)cc2)n2nc(SCc3ccccc3Cl)nc2N1. The number of thioether (sulfide) groups is 1. The monoisotopic (exact) mass is 658 g/mol. The molecule has 2 aliphatic heterocycles. The Hall–Kier alpha value is -4.32. The van der Waals surface area contributed by atoms with Crippen LogP contribution in [0.2, 0.25) is 5.02 Å². The lowest BCUT2D eigenvalue weighted by Crippen LogP contribution is -2.42. The number of morpholine rings is 1. The number of aryl methyl sites for hydroxylation is 2. The minimum Gasteiger partial charge on any atom is -0.484 e. The van der Waals surface area contributed by atoms with Crippen LogP contribution in [0.25, 0.3) is 0 Å². The molecule has 1 fully saturated rings. The van der Waals surface area contributed by atoms with Gasteiger partial charge in [0.25, 0.3) is 11.8 Å². The molecule has 2 N–H and O–H groups in total. The summed E-state index contributed by atoms with van der Waals surface area (Å²) in [6.07, 6.45) is 0. The van der Waals surface area contributed by atoms with Crippen LogP contribution in [0.3, 0.4) is 0 Å². The zero-order valence-corrected chi connectivity index (χ0v) is 27.5. The van der Waals surface area contributed by atoms with Crippen LogP contribution in [-0.4, -0.2) is 64.4 Å². The van der Waals surface area contributed by atoms with E-state index in [-0.39, 0.29) is 18.4 Å². The highest BCUT2D eigenvalue weighted by atomic mass is 35.5. The van der Waals surface area contributed by atoms with E-state index in [1.807, 2.05) is 87.5 Å². The number of ether oxygens (including phenoxy) is 2. The number of rotatable bonds is 9. The number of hydrogen-bond donors (Lipinski definition) is 2. The van der Waals surface area contributed by atoms with E-state index in [9.17, 15) is 9.59 Å². The van der Waals surface area contributed by atoms with Crippen molar-refractivity contribution in [3.63, 3.8) is 0 Å². The second kappa shape index (κ2) is 14.0. The molecule has 0 radical (unpaired) electrons. The van der Waals surface area contributed by atoms with Gasteiger partial charge in [-0.2, -0.15) is 4.98 Å². The Balaban J connectivity index is 1.27. The Morgan fingerprint density at radius 3 is 2.57 bits per heavy atom. The Kier molecular flexibility index (Phi) is 9.62. The van der Waals surface area contributed by atoms with Crippen molar-refractivity contribution < 1.29 is 19.1 Å². The number of amides is 2. The molecule has 3 aromatic carbocycles. The largest absolute Gasteiger partial charge is 0.484 e. The zero-order valence-electron chi connectivity index (χ0n) is 25.9. The predicted octanol–water partition coefficient (Wildman–Crippen LogP) is 6.01. The minimum atomic E-state index is -0.576. The van der Waals surface area contributed by atoms with E-state index >= 15 is 0 Å². The van der Waals surface area contributed by atoms with Crippen molar-refractivity contribution in [1.29, 1.82) is 0 Å². The average molecular weight is 659 g/mol. The number of anilines is 2. The molecule has 2 amide bonds. The molecule has 0 aliphatic carbocycles. The molecule has 1 atom stereocenters. The summed E-state index contributed by atoms with van der Waals surface area (Å²) in [7, 11) is 0. The van der Waals surface area contributed by atoms with Crippen molar-refractivity contribution in [3.8, 4) is 5.75 Å². The summed E-state index contributed by atoms with van der Waals surface area (Å²) in [6, 6.07) is 20.4. The second-order valence-corrected chi connectivity index (χ2v) is 12.6. The zero-order chi connectivity index (χ0) is 32.2. The van der Waals surface area contributed by atoms with Crippen molar-refractivity contribution in [3.05, 3.63) is 105 Å². The summed E-state index contributed by atoms with van der Waals surface area (Å²) in [5.74, 6) is 1.35. The van der Waals surface area contributed by atoms with Crippen molar-refractivity contribution in [2.75, 3.05) is 43.5 Å². The third-order valence-electron chi connectivity index (χ3n) is 7.94. The molecule has 10 nitrogen and oxygen atoms in total. The van der Waals surface area contributed by atoms with Gasteiger partial charge in [-0.1, -0.05) is 71.4 Å². The topological polar surface area (TPSA) is 111 Å². The van der Waals surface area contributed by atoms with Gasteiger partial charge in [0.15, 0.2) is 6.61 Å². The van der Waals surface area contributed by atoms with Crippen LogP contribution in [0.5, 0.6) is 5.75 Å². The highest BCUT2D eigenvalue weighted by molar-refractivity contribution is 7.98. The van der Waals surface area contributed by atoms with Crippen LogP contribution in [0, 0.1) is 13.8 Å². The van der Waals surface area contributed by atoms with Crippen molar-refractivity contribution in [1.82, 2.24) is 19.7 Å². The van der Waals surface area contributed by atoms with Gasteiger partial charge in [0, 0.05) is 35.2 Å². The number of benzene rings is 3. The number of carbonyl (C=O) groups is 2. The molecular weight excluding hydrogens is 624 g/mol. The van der Waals surface area contributed by atoms with Gasteiger partial charge in [0.1, 0.15) is 11.8 Å². The van der Waals surface area contributed by atoms with Crippen molar-refractivity contribution in [2.45, 2.75) is 37.7 Å². The maximum atomic E-state index is 14.0. The molecule has 4 aromatic rings. The Morgan fingerprint density at radius 1 is 1.07 bits per heavy atom. The molecule has 46 heavy (non-hydrogen) atoms. The van der Waals surface area contributed by atoms with Gasteiger partial charge < -0.3 is 25.0 Å². The summed E-state index contributed by atoms with van der Waals surface area (Å²) < 4.78 is 12.9. The average Bonchev–Trinajstić information content (AvgIpc) is 3.47. The predicted molar refractivity (Wildman–Crippen MR) is 179 cm³/mol. The minimum absolute atomic E-state index is 0.0610. The number of hydrogen-bond acceptors (Lipinski definition) is 8. The lowest BCUT2D eigenvalue weighted by atomic mass is 9.94. The molecule has 3 heterocycles. The van der Waals surface area contributed by atoms with Crippen LogP contribution in [0.4, 0.5) is 11.6 Å². The summed E-state index contributed by atoms with van der Waals surface area (Å²) in [4.78, 5) is 33.1. The van der Waals surface area contributed by atoms with Gasteiger partial charge in [-0.15, -0.1) is 5.10 Å². The van der Waals surface area contributed by atoms with Gasteiger partial charge in [0.05, 0.1) is 18.8 Å². The smallest absolute Gasteiger partial charge is 0.260 e. The van der Waals surface area contributed by atoms with Crippen LogP contribution >= 0.6 is 23.4 Å². The fourth-order valence-corrected chi connectivity index (χ4v) is 6.61. The fourth-order valence-electron chi connectivity index (χ4n) is 5.49. The van der Waals surface area contributed by atoms with Crippen LogP contribution in [-0.2, 0) is 20.1 Å². The second-order valence-electron chi connectivity index (χ2n) is 11.2. The molecule has 12 heteroatoms. The molecule has 1 saturated heterocycles. The number of nitrogens with one attached hydrogen (secondary N) is 2. The van der Waals surface area contributed by atoms with Gasteiger partial charge in [-0.05, 0) is 61.7 Å². The van der Waals surface area contributed by atoms with Crippen LogP contribution < -0.4 is 15.4 Å². The summed E-state index contributed by atoms with van der Waals surface area (Å²) in [6.45, 7) is 8.00. The lowest BCUT2D eigenvalue weighted by Gasteiger charge is -2.29. The molecule has 1 unspecified atom stereocenters. The maximum Gasteiger partial charge on any atom is 0.260 e. The van der Waals surface area contributed by atoms with Crippen LogP contribution in [0.15, 0.2) is 83.2 Å².